The Morgan fingerprint density at radius 2 is 1.85 bits per heavy atom. The van der Waals surface area contributed by atoms with Crippen LogP contribution < -0.4 is 5.32 Å². The lowest BCUT2D eigenvalue weighted by molar-refractivity contribution is 0.432. The van der Waals surface area contributed by atoms with E-state index in [9.17, 15) is 0 Å². The van der Waals surface area contributed by atoms with Gasteiger partial charge in [0.1, 0.15) is 0 Å². The molecule has 0 aromatic rings. The number of hydrogen-bond acceptors (Lipinski definition) is 1. The number of allylic oxidation sites excluding steroid dienone is 1. The molecule has 0 aliphatic heterocycles. The predicted octanol–water partition coefficient (Wildman–Crippen LogP) is 3.37. The maximum Gasteiger partial charge on any atom is 0.00672 e. The smallest absolute Gasteiger partial charge is 0.00672 e. The van der Waals surface area contributed by atoms with Crippen LogP contribution in [0.1, 0.15) is 46.5 Å². The van der Waals surface area contributed by atoms with E-state index in [1.807, 2.05) is 0 Å². The van der Waals surface area contributed by atoms with Crippen molar-refractivity contribution in [3.8, 4) is 0 Å². The molecule has 78 valence electrons. The van der Waals surface area contributed by atoms with Gasteiger partial charge in [0.15, 0.2) is 0 Å². The van der Waals surface area contributed by atoms with Gasteiger partial charge in [-0.2, -0.15) is 0 Å². The maximum absolute atomic E-state index is 3.93. The molecule has 0 amide bonds. The number of hydrogen-bond donors (Lipinski definition) is 1. The summed E-state index contributed by atoms with van der Waals surface area (Å²) in [7, 11) is 2.06. The minimum Gasteiger partial charge on any atom is -0.317 e. The SMILES string of the molecule is C=C(C)CCC(CCC(C)C)NC. The molecule has 1 heteroatoms. The van der Waals surface area contributed by atoms with Crippen molar-refractivity contribution in [2.75, 3.05) is 7.05 Å². The summed E-state index contributed by atoms with van der Waals surface area (Å²) in [4.78, 5) is 0. The molecule has 0 spiro atoms. The van der Waals surface area contributed by atoms with Crippen LogP contribution in [0.25, 0.3) is 0 Å². The van der Waals surface area contributed by atoms with Crippen LogP contribution in [0.4, 0.5) is 0 Å². The Labute approximate surface area is 83.6 Å². The molecule has 0 saturated heterocycles. The van der Waals surface area contributed by atoms with Crippen molar-refractivity contribution in [3.05, 3.63) is 12.2 Å². The van der Waals surface area contributed by atoms with Crippen LogP contribution in [0.2, 0.25) is 0 Å². The molecule has 0 radical (unpaired) electrons. The van der Waals surface area contributed by atoms with Crippen molar-refractivity contribution in [2.24, 2.45) is 5.92 Å². The van der Waals surface area contributed by atoms with Crippen molar-refractivity contribution >= 4 is 0 Å². The van der Waals surface area contributed by atoms with Crippen LogP contribution in [0, 0.1) is 5.92 Å². The zero-order valence-electron chi connectivity index (χ0n) is 9.69. The Kier molecular flexibility index (Phi) is 6.97. The van der Waals surface area contributed by atoms with Gasteiger partial charge in [0.25, 0.3) is 0 Å². The highest BCUT2D eigenvalue weighted by molar-refractivity contribution is 4.89. The first kappa shape index (κ1) is 12.7. The number of nitrogens with one attached hydrogen (secondary N) is 1. The molecule has 0 fully saturated rings. The van der Waals surface area contributed by atoms with Crippen molar-refractivity contribution < 1.29 is 0 Å². The molecule has 0 aliphatic carbocycles. The van der Waals surface area contributed by atoms with Crippen LogP contribution in [0.3, 0.4) is 0 Å². The van der Waals surface area contributed by atoms with E-state index in [1.165, 1.54) is 24.8 Å². The molecule has 0 heterocycles. The molecule has 1 atom stereocenters. The summed E-state index contributed by atoms with van der Waals surface area (Å²) in [5, 5.41) is 3.37. The molecule has 1 nitrogen and oxygen atoms in total. The van der Waals surface area contributed by atoms with E-state index in [0.717, 1.165) is 12.3 Å². The Morgan fingerprint density at radius 3 is 2.23 bits per heavy atom. The lowest BCUT2D eigenvalue weighted by Gasteiger charge is -2.17. The normalized spacial score (nSPS) is 13.3. The highest BCUT2D eigenvalue weighted by atomic mass is 14.9. The third kappa shape index (κ3) is 8.04. The molecule has 0 saturated carbocycles. The van der Waals surface area contributed by atoms with Gasteiger partial charge in [0.2, 0.25) is 0 Å². The van der Waals surface area contributed by atoms with Gasteiger partial charge in [0.05, 0.1) is 0 Å². The van der Waals surface area contributed by atoms with Crippen molar-refractivity contribution in [1.29, 1.82) is 0 Å². The second kappa shape index (κ2) is 7.14. The summed E-state index contributed by atoms with van der Waals surface area (Å²) in [5.41, 5.74) is 1.30. The van der Waals surface area contributed by atoms with Crippen molar-refractivity contribution in [2.45, 2.75) is 52.5 Å². The molecule has 0 aromatic heterocycles. The fourth-order valence-electron chi connectivity index (χ4n) is 1.39. The monoisotopic (exact) mass is 183 g/mol. The van der Waals surface area contributed by atoms with Crippen LogP contribution in [-0.2, 0) is 0 Å². The summed E-state index contributed by atoms with van der Waals surface area (Å²) in [6.07, 6.45) is 5.01. The molecule has 0 rings (SSSR count). The van der Waals surface area contributed by atoms with Crippen LogP contribution in [-0.4, -0.2) is 13.1 Å². The highest BCUT2D eigenvalue weighted by Gasteiger charge is 2.06. The van der Waals surface area contributed by atoms with Crippen molar-refractivity contribution in [1.82, 2.24) is 5.32 Å². The van der Waals surface area contributed by atoms with Gasteiger partial charge in [-0.1, -0.05) is 19.4 Å². The van der Waals surface area contributed by atoms with Gasteiger partial charge < -0.3 is 5.32 Å². The lowest BCUT2D eigenvalue weighted by atomic mass is 9.99. The Hall–Kier alpha value is -0.300. The summed E-state index contributed by atoms with van der Waals surface area (Å²) in [6, 6.07) is 0.680. The molecule has 0 aromatic carbocycles. The summed E-state index contributed by atoms with van der Waals surface area (Å²) in [6.45, 7) is 10.6. The third-order valence-corrected chi connectivity index (χ3v) is 2.42. The molecule has 13 heavy (non-hydrogen) atoms. The average molecular weight is 183 g/mol. The third-order valence-electron chi connectivity index (χ3n) is 2.42. The quantitative estimate of drug-likeness (QED) is 0.597. The zero-order chi connectivity index (χ0) is 10.3. The van der Waals surface area contributed by atoms with Crippen molar-refractivity contribution in [3.63, 3.8) is 0 Å². The molecular weight excluding hydrogens is 158 g/mol. The van der Waals surface area contributed by atoms with Gasteiger partial charge in [-0.3, -0.25) is 0 Å². The van der Waals surface area contributed by atoms with Crippen LogP contribution in [0.15, 0.2) is 12.2 Å². The molecule has 1 N–H and O–H groups in total. The summed E-state index contributed by atoms with van der Waals surface area (Å²) < 4.78 is 0. The minimum atomic E-state index is 0.680. The first-order valence-corrected chi connectivity index (χ1v) is 5.38. The topological polar surface area (TPSA) is 12.0 Å². The zero-order valence-corrected chi connectivity index (χ0v) is 9.69. The van der Waals surface area contributed by atoms with Gasteiger partial charge in [-0.05, 0) is 45.6 Å². The Morgan fingerprint density at radius 1 is 1.23 bits per heavy atom. The second-order valence-corrected chi connectivity index (χ2v) is 4.45. The summed E-state index contributed by atoms with van der Waals surface area (Å²) in [5.74, 6) is 0.820. The van der Waals surface area contributed by atoms with Gasteiger partial charge in [-0.15, -0.1) is 6.58 Å². The molecule has 0 aliphatic rings. The summed E-state index contributed by atoms with van der Waals surface area (Å²) >= 11 is 0. The Balaban J connectivity index is 3.57. The lowest BCUT2D eigenvalue weighted by Crippen LogP contribution is -2.25. The first-order valence-electron chi connectivity index (χ1n) is 5.38. The molecular formula is C12H25N. The van der Waals surface area contributed by atoms with E-state index in [1.54, 1.807) is 0 Å². The first-order chi connectivity index (χ1) is 6.06. The largest absolute Gasteiger partial charge is 0.317 e. The van der Waals surface area contributed by atoms with Crippen LogP contribution >= 0.6 is 0 Å². The number of rotatable bonds is 7. The fourth-order valence-corrected chi connectivity index (χ4v) is 1.39. The van der Waals surface area contributed by atoms with E-state index in [-0.39, 0.29) is 0 Å². The standard InChI is InChI=1S/C12H25N/c1-10(2)6-8-12(13-5)9-7-11(3)4/h11-13H,1,6-9H2,2-5H3. The average Bonchev–Trinajstić information content (AvgIpc) is 2.04. The van der Waals surface area contributed by atoms with E-state index in [4.69, 9.17) is 0 Å². The maximum atomic E-state index is 3.93. The van der Waals surface area contributed by atoms with E-state index >= 15 is 0 Å². The predicted molar refractivity (Wildman–Crippen MR) is 61.0 cm³/mol. The minimum absolute atomic E-state index is 0.680. The van der Waals surface area contributed by atoms with E-state index in [0.29, 0.717) is 6.04 Å². The second-order valence-electron chi connectivity index (χ2n) is 4.45. The van der Waals surface area contributed by atoms with E-state index in [2.05, 4.69) is 39.7 Å². The highest BCUT2D eigenvalue weighted by Crippen LogP contribution is 2.12. The fraction of sp³-hybridized carbons (Fsp3) is 0.833. The Bertz CT molecular complexity index is 138. The van der Waals surface area contributed by atoms with Gasteiger partial charge in [0, 0.05) is 6.04 Å². The molecule has 0 bridgehead atoms. The van der Waals surface area contributed by atoms with Gasteiger partial charge >= 0.3 is 0 Å². The molecule has 1 unspecified atom stereocenters. The van der Waals surface area contributed by atoms with E-state index < -0.39 is 0 Å². The van der Waals surface area contributed by atoms with Crippen LogP contribution in [0.5, 0.6) is 0 Å². The van der Waals surface area contributed by atoms with Gasteiger partial charge in [-0.25, -0.2) is 0 Å².